The molecular weight excluding hydrogens is 369 g/mol. The van der Waals surface area contributed by atoms with Crippen LogP contribution in [0.15, 0.2) is 66.7 Å². The summed E-state index contributed by atoms with van der Waals surface area (Å²) in [6, 6.07) is 19.1. The van der Waals surface area contributed by atoms with Crippen molar-refractivity contribution < 1.29 is 18.7 Å². The van der Waals surface area contributed by atoms with E-state index < -0.39 is 0 Å². The predicted octanol–water partition coefficient (Wildman–Crippen LogP) is 5.04. The second-order valence-corrected chi connectivity index (χ2v) is 6.66. The molecule has 3 rings (SSSR count). The fourth-order valence-corrected chi connectivity index (χ4v) is 2.84. The normalized spacial score (nSPS) is 10.4. The largest absolute Gasteiger partial charge is 0.494 e. The summed E-state index contributed by atoms with van der Waals surface area (Å²) in [7, 11) is 0. The fourth-order valence-electron chi connectivity index (χ4n) is 2.84. The van der Waals surface area contributed by atoms with Gasteiger partial charge in [-0.2, -0.15) is 0 Å². The molecule has 1 amide bonds. The van der Waals surface area contributed by atoms with Gasteiger partial charge in [-0.15, -0.1) is 0 Å². The molecule has 0 aromatic heterocycles. The third-order valence-electron chi connectivity index (χ3n) is 4.43. The first-order chi connectivity index (χ1) is 14.0. The number of hydrogen-bond acceptors (Lipinski definition) is 3. The van der Waals surface area contributed by atoms with Gasteiger partial charge in [0.1, 0.15) is 23.9 Å². The second kappa shape index (κ2) is 9.73. The van der Waals surface area contributed by atoms with Crippen LogP contribution in [0.5, 0.6) is 11.5 Å². The Labute approximate surface area is 170 Å². The van der Waals surface area contributed by atoms with Crippen LogP contribution in [0.3, 0.4) is 0 Å². The van der Waals surface area contributed by atoms with Crippen molar-refractivity contribution in [1.82, 2.24) is 5.32 Å². The highest BCUT2D eigenvalue weighted by Crippen LogP contribution is 2.19. The standard InChI is InChI=1S/C24H24FNO3/c1-3-28-23-13-8-20(14-17(23)2)24(27)26-15-18-6-11-22(12-7-18)29-16-19-4-9-21(25)10-5-19/h4-14H,3,15-16H2,1-2H3,(H,26,27). The van der Waals surface area contributed by atoms with Gasteiger partial charge in [0.2, 0.25) is 0 Å². The molecule has 0 aliphatic heterocycles. The minimum absolute atomic E-state index is 0.132. The molecule has 0 fully saturated rings. The first kappa shape index (κ1) is 20.4. The molecule has 0 atom stereocenters. The lowest BCUT2D eigenvalue weighted by Crippen LogP contribution is -2.22. The van der Waals surface area contributed by atoms with Crippen molar-refractivity contribution >= 4 is 5.91 Å². The summed E-state index contributed by atoms with van der Waals surface area (Å²) in [4.78, 5) is 12.4. The lowest BCUT2D eigenvalue weighted by atomic mass is 10.1. The van der Waals surface area contributed by atoms with Gasteiger partial charge in [-0.3, -0.25) is 4.79 Å². The third kappa shape index (κ3) is 5.82. The molecule has 0 aliphatic rings. The van der Waals surface area contributed by atoms with E-state index in [9.17, 15) is 9.18 Å². The molecule has 0 unspecified atom stereocenters. The molecule has 3 aromatic rings. The highest BCUT2D eigenvalue weighted by Gasteiger charge is 2.08. The van der Waals surface area contributed by atoms with Gasteiger partial charge in [0, 0.05) is 12.1 Å². The molecule has 3 aromatic carbocycles. The Hall–Kier alpha value is -3.34. The summed E-state index contributed by atoms with van der Waals surface area (Å²) in [5, 5.41) is 2.92. The van der Waals surface area contributed by atoms with E-state index in [1.54, 1.807) is 18.2 Å². The summed E-state index contributed by atoms with van der Waals surface area (Å²) in [6.45, 7) is 5.23. The molecule has 0 saturated carbocycles. The van der Waals surface area contributed by atoms with E-state index in [1.807, 2.05) is 50.2 Å². The van der Waals surface area contributed by atoms with Crippen LogP contribution >= 0.6 is 0 Å². The van der Waals surface area contributed by atoms with Crippen LogP contribution in [0.25, 0.3) is 0 Å². The highest BCUT2D eigenvalue weighted by atomic mass is 19.1. The maximum atomic E-state index is 12.9. The minimum atomic E-state index is -0.263. The summed E-state index contributed by atoms with van der Waals surface area (Å²) in [6.07, 6.45) is 0. The van der Waals surface area contributed by atoms with E-state index in [-0.39, 0.29) is 11.7 Å². The Morgan fingerprint density at radius 2 is 1.62 bits per heavy atom. The van der Waals surface area contributed by atoms with Gasteiger partial charge in [-0.25, -0.2) is 4.39 Å². The van der Waals surface area contributed by atoms with Crippen LogP contribution in [0.1, 0.15) is 34.0 Å². The van der Waals surface area contributed by atoms with Gasteiger partial charge in [0.05, 0.1) is 6.61 Å². The smallest absolute Gasteiger partial charge is 0.251 e. The lowest BCUT2D eigenvalue weighted by molar-refractivity contribution is 0.0951. The van der Waals surface area contributed by atoms with E-state index in [0.29, 0.717) is 31.1 Å². The molecule has 5 heteroatoms. The van der Waals surface area contributed by atoms with Crippen LogP contribution in [0, 0.1) is 12.7 Å². The summed E-state index contributed by atoms with van der Waals surface area (Å²) < 4.78 is 24.1. The maximum absolute atomic E-state index is 12.9. The molecule has 0 aliphatic carbocycles. The van der Waals surface area contributed by atoms with Crippen molar-refractivity contribution in [2.45, 2.75) is 27.0 Å². The second-order valence-electron chi connectivity index (χ2n) is 6.66. The topological polar surface area (TPSA) is 47.6 Å². The average molecular weight is 393 g/mol. The van der Waals surface area contributed by atoms with Crippen molar-refractivity contribution in [3.8, 4) is 11.5 Å². The molecule has 0 radical (unpaired) electrons. The monoisotopic (exact) mass is 393 g/mol. The zero-order valence-electron chi connectivity index (χ0n) is 16.6. The Bertz CT molecular complexity index is 953. The van der Waals surface area contributed by atoms with Gasteiger partial charge in [-0.05, 0) is 73.0 Å². The Kier molecular flexibility index (Phi) is 6.85. The van der Waals surface area contributed by atoms with E-state index in [4.69, 9.17) is 9.47 Å². The number of benzene rings is 3. The molecule has 29 heavy (non-hydrogen) atoms. The molecule has 150 valence electrons. The molecule has 1 N–H and O–H groups in total. The number of carbonyl (C=O) groups is 1. The number of carbonyl (C=O) groups excluding carboxylic acids is 1. The van der Waals surface area contributed by atoms with Gasteiger partial charge in [0.15, 0.2) is 0 Å². The number of halogens is 1. The van der Waals surface area contributed by atoms with E-state index in [1.165, 1.54) is 12.1 Å². The van der Waals surface area contributed by atoms with Gasteiger partial charge in [-0.1, -0.05) is 24.3 Å². The van der Waals surface area contributed by atoms with E-state index in [0.717, 1.165) is 22.4 Å². The average Bonchev–Trinajstić information content (AvgIpc) is 2.74. The minimum Gasteiger partial charge on any atom is -0.494 e. The number of amides is 1. The van der Waals surface area contributed by atoms with Crippen molar-refractivity contribution in [3.05, 3.63) is 94.8 Å². The number of hydrogen-bond donors (Lipinski definition) is 1. The Balaban J connectivity index is 1.51. The Morgan fingerprint density at radius 1 is 0.931 bits per heavy atom. The summed E-state index contributed by atoms with van der Waals surface area (Å²) >= 11 is 0. The summed E-state index contributed by atoms with van der Waals surface area (Å²) in [5.41, 5.74) is 3.40. The van der Waals surface area contributed by atoms with Crippen molar-refractivity contribution in [2.75, 3.05) is 6.61 Å². The SMILES string of the molecule is CCOc1ccc(C(=O)NCc2ccc(OCc3ccc(F)cc3)cc2)cc1C. The first-order valence-corrected chi connectivity index (χ1v) is 9.53. The van der Waals surface area contributed by atoms with Crippen LogP contribution in [-0.2, 0) is 13.2 Å². The zero-order valence-corrected chi connectivity index (χ0v) is 16.6. The number of ether oxygens (including phenoxy) is 2. The molecular formula is C24H24FNO3. The van der Waals surface area contributed by atoms with E-state index >= 15 is 0 Å². The van der Waals surface area contributed by atoms with Crippen molar-refractivity contribution in [1.29, 1.82) is 0 Å². The van der Waals surface area contributed by atoms with E-state index in [2.05, 4.69) is 5.32 Å². The van der Waals surface area contributed by atoms with Gasteiger partial charge in [0.25, 0.3) is 5.91 Å². The van der Waals surface area contributed by atoms with Gasteiger partial charge < -0.3 is 14.8 Å². The van der Waals surface area contributed by atoms with Crippen LogP contribution in [0.2, 0.25) is 0 Å². The van der Waals surface area contributed by atoms with Crippen molar-refractivity contribution in [3.63, 3.8) is 0 Å². The van der Waals surface area contributed by atoms with Crippen molar-refractivity contribution in [2.24, 2.45) is 0 Å². The quantitative estimate of drug-likeness (QED) is 0.583. The van der Waals surface area contributed by atoms with Crippen LogP contribution in [-0.4, -0.2) is 12.5 Å². The number of rotatable bonds is 8. The van der Waals surface area contributed by atoms with Crippen LogP contribution < -0.4 is 14.8 Å². The maximum Gasteiger partial charge on any atom is 0.251 e. The van der Waals surface area contributed by atoms with Gasteiger partial charge >= 0.3 is 0 Å². The molecule has 4 nitrogen and oxygen atoms in total. The molecule has 0 saturated heterocycles. The fraction of sp³-hybridized carbons (Fsp3) is 0.208. The predicted molar refractivity (Wildman–Crippen MR) is 111 cm³/mol. The number of aryl methyl sites for hydroxylation is 1. The molecule has 0 heterocycles. The summed E-state index contributed by atoms with van der Waals surface area (Å²) in [5.74, 6) is 1.11. The molecule has 0 bridgehead atoms. The first-order valence-electron chi connectivity index (χ1n) is 9.53. The van der Waals surface area contributed by atoms with Crippen LogP contribution in [0.4, 0.5) is 4.39 Å². The molecule has 0 spiro atoms. The zero-order chi connectivity index (χ0) is 20.6. The Morgan fingerprint density at radius 3 is 2.28 bits per heavy atom. The number of nitrogens with one attached hydrogen (secondary N) is 1. The third-order valence-corrected chi connectivity index (χ3v) is 4.43. The highest BCUT2D eigenvalue weighted by molar-refractivity contribution is 5.94. The lowest BCUT2D eigenvalue weighted by Gasteiger charge is -2.10.